The van der Waals surface area contributed by atoms with E-state index in [2.05, 4.69) is 4.99 Å². The molecule has 140 valence electrons. The van der Waals surface area contributed by atoms with Gasteiger partial charge in [-0.3, -0.25) is 14.1 Å². The lowest BCUT2D eigenvalue weighted by Gasteiger charge is -2.33. The maximum absolute atomic E-state index is 13.1. The monoisotopic (exact) mass is 376 g/mol. The number of allylic oxidation sites excluding steroid dienone is 2. The van der Waals surface area contributed by atoms with Gasteiger partial charge in [-0.1, -0.05) is 6.08 Å². The number of Topliss-reactive ketones (excluding diaryl/α,β-unsaturated/α-hetero) is 1. The van der Waals surface area contributed by atoms with Gasteiger partial charge in [-0.05, 0) is 62.9 Å². The van der Waals surface area contributed by atoms with Crippen LogP contribution in [0.2, 0.25) is 0 Å². The fourth-order valence-corrected chi connectivity index (χ4v) is 5.15. The number of hydrogen-bond acceptors (Lipinski definition) is 5. The Labute approximate surface area is 154 Å². The van der Waals surface area contributed by atoms with E-state index in [1.165, 1.54) is 23.5 Å². The molecule has 2 aliphatic rings. The summed E-state index contributed by atoms with van der Waals surface area (Å²) >= 11 is 0. The molecule has 26 heavy (non-hydrogen) atoms. The van der Waals surface area contributed by atoms with Gasteiger partial charge in [0, 0.05) is 6.42 Å². The summed E-state index contributed by atoms with van der Waals surface area (Å²) in [5, 5.41) is 0. The lowest BCUT2D eigenvalue weighted by Crippen LogP contribution is -2.43. The van der Waals surface area contributed by atoms with E-state index in [4.69, 9.17) is 4.74 Å². The van der Waals surface area contributed by atoms with Crippen molar-refractivity contribution in [2.24, 2.45) is 10.9 Å². The van der Waals surface area contributed by atoms with Gasteiger partial charge in [-0.2, -0.15) is 0 Å². The van der Waals surface area contributed by atoms with Gasteiger partial charge in [0.1, 0.15) is 11.6 Å². The van der Waals surface area contributed by atoms with Crippen LogP contribution in [-0.2, 0) is 14.8 Å². The van der Waals surface area contributed by atoms with Crippen LogP contribution in [0.25, 0.3) is 0 Å². The first kappa shape index (κ1) is 18.6. The van der Waals surface area contributed by atoms with E-state index in [1.54, 1.807) is 19.1 Å². The van der Waals surface area contributed by atoms with Gasteiger partial charge in [0.05, 0.1) is 24.1 Å². The number of carbonyl (C=O) groups excluding carboxylic acids is 1. The number of hydrogen-bond donors (Lipinski definition) is 0. The number of methoxy groups -OCH3 is 1. The molecule has 0 bridgehead atoms. The summed E-state index contributed by atoms with van der Waals surface area (Å²) in [7, 11) is -2.16. The molecule has 0 spiro atoms. The molecule has 0 saturated heterocycles. The standard InChI is InChI=1S/C19H24N2O4S/c1-13-5-6-15(11-18(13)22)19(3)12-21(14(2)20-19)26(23,24)17-9-7-16(25-4)8-10-17/h5,7-10,15H,6,11-12H2,1-4H3. The third-order valence-corrected chi connectivity index (χ3v) is 7.19. The van der Waals surface area contributed by atoms with Crippen molar-refractivity contribution >= 4 is 21.6 Å². The quantitative estimate of drug-likeness (QED) is 0.810. The number of nitrogens with zero attached hydrogens (tertiary/aromatic N) is 2. The van der Waals surface area contributed by atoms with Gasteiger partial charge in [0.25, 0.3) is 10.0 Å². The van der Waals surface area contributed by atoms with Gasteiger partial charge in [0.15, 0.2) is 5.78 Å². The second-order valence-electron chi connectivity index (χ2n) is 7.15. The van der Waals surface area contributed by atoms with E-state index in [-0.39, 0.29) is 23.1 Å². The molecule has 1 aromatic carbocycles. The molecular formula is C19H24N2O4S. The van der Waals surface area contributed by atoms with E-state index in [0.29, 0.717) is 18.0 Å². The molecule has 3 rings (SSSR count). The zero-order chi connectivity index (χ0) is 19.1. The number of ether oxygens (including phenoxy) is 1. The van der Waals surface area contributed by atoms with Gasteiger partial charge >= 0.3 is 0 Å². The van der Waals surface area contributed by atoms with E-state index >= 15 is 0 Å². The van der Waals surface area contributed by atoms with Crippen LogP contribution in [0.15, 0.2) is 45.8 Å². The Morgan fingerprint density at radius 2 is 1.88 bits per heavy atom. The van der Waals surface area contributed by atoms with Crippen molar-refractivity contribution in [3.8, 4) is 5.75 Å². The fourth-order valence-electron chi connectivity index (χ4n) is 3.59. The largest absolute Gasteiger partial charge is 0.497 e. The van der Waals surface area contributed by atoms with Crippen LogP contribution < -0.4 is 4.74 Å². The molecule has 0 fully saturated rings. The molecule has 2 atom stereocenters. The lowest BCUT2D eigenvalue weighted by atomic mass is 9.76. The highest BCUT2D eigenvalue weighted by Crippen LogP contribution is 2.38. The Hall–Kier alpha value is -2.15. The highest BCUT2D eigenvalue weighted by atomic mass is 32.2. The number of aliphatic imine (C=N–C) groups is 1. The van der Waals surface area contributed by atoms with Crippen molar-refractivity contribution in [3.05, 3.63) is 35.9 Å². The first-order valence-corrected chi connectivity index (χ1v) is 10.0. The molecule has 0 N–H and O–H groups in total. The van der Waals surface area contributed by atoms with E-state index in [1.807, 2.05) is 19.9 Å². The minimum Gasteiger partial charge on any atom is -0.497 e. The van der Waals surface area contributed by atoms with E-state index in [0.717, 1.165) is 12.0 Å². The molecule has 2 unspecified atom stereocenters. The van der Waals surface area contributed by atoms with Crippen LogP contribution in [0.3, 0.4) is 0 Å². The Kier molecular flexibility index (Phi) is 4.69. The van der Waals surface area contributed by atoms with Crippen LogP contribution in [0.5, 0.6) is 5.75 Å². The zero-order valence-corrected chi connectivity index (χ0v) is 16.3. The summed E-state index contributed by atoms with van der Waals surface area (Å²) in [5.41, 5.74) is 0.183. The third-order valence-electron chi connectivity index (χ3n) is 5.35. The number of carbonyl (C=O) groups is 1. The third kappa shape index (κ3) is 3.16. The molecule has 1 heterocycles. The second-order valence-corrected chi connectivity index (χ2v) is 9.01. The van der Waals surface area contributed by atoms with Crippen LogP contribution in [0.1, 0.15) is 33.6 Å². The number of benzene rings is 1. The summed E-state index contributed by atoms with van der Waals surface area (Å²) in [6.07, 6.45) is 3.08. The van der Waals surface area contributed by atoms with Gasteiger partial charge in [-0.15, -0.1) is 0 Å². The first-order valence-electron chi connectivity index (χ1n) is 8.60. The van der Waals surface area contributed by atoms with Crippen LogP contribution in [0, 0.1) is 5.92 Å². The fraction of sp³-hybridized carbons (Fsp3) is 0.474. The van der Waals surface area contributed by atoms with Crippen molar-refractivity contribution in [2.75, 3.05) is 13.7 Å². The summed E-state index contributed by atoms with van der Waals surface area (Å²) in [6.45, 7) is 5.72. The molecule has 1 aliphatic heterocycles. The Balaban J connectivity index is 1.87. The maximum atomic E-state index is 13.1. The highest BCUT2D eigenvalue weighted by molar-refractivity contribution is 7.89. The highest BCUT2D eigenvalue weighted by Gasteiger charge is 2.45. The van der Waals surface area contributed by atoms with E-state index < -0.39 is 15.6 Å². The molecule has 0 radical (unpaired) electrons. The minimum absolute atomic E-state index is 0.00437. The molecule has 6 nitrogen and oxygen atoms in total. The number of amidine groups is 1. The predicted octanol–water partition coefficient (Wildman–Crippen LogP) is 2.80. The molecular weight excluding hydrogens is 352 g/mol. The van der Waals surface area contributed by atoms with Crippen molar-refractivity contribution in [1.29, 1.82) is 0 Å². The van der Waals surface area contributed by atoms with Crippen molar-refractivity contribution in [2.45, 2.75) is 44.0 Å². The molecule has 7 heteroatoms. The Morgan fingerprint density at radius 3 is 2.46 bits per heavy atom. The summed E-state index contributed by atoms with van der Waals surface area (Å²) in [4.78, 5) is 17.0. The summed E-state index contributed by atoms with van der Waals surface area (Å²) in [6, 6.07) is 6.32. The molecule has 1 aromatic rings. The van der Waals surface area contributed by atoms with Crippen molar-refractivity contribution in [3.63, 3.8) is 0 Å². The lowest BCUT2D eigenvalue weighted by molar-refractivity contribution is -0.117. The normalized spacial score (nSPS) is 26.5. The zero-order valence-electron chi connectivity index (χ0n) is 15.5. The van der Waals surface area contributed by atoms with Crippen LogP contribution in [-0.4, -0.2) is 43.5 Å². The molecule has 1 aliphatic carbocycles. The average Bonchev–Trinajstić information content (AvgIpc) is 2.94. The Morgan fingerprint density at radius 1 is 1.23 bits per heavy atom. The first-order chi connectivity index (χ1) is 12.2. The molecule has 0 amide bonds. The summed E-state index contributed by atoms with van der Waals surface area (Å²) < 4.78 is 32.6. The molecule has 0 saturated carbocycles. The number of rotatable bonds is 4. The minimum atomic E-state index is -3.70. The van der Waals surface area contributed by atoms with Crippen LogP contribution in [0.4, 0.5) is 0 Å². The van der Waals surface area contributed by atoms with Gasteiger partial charge < -0.3 is 4.74 Å². The van der Waals surface area contributed by atoms with Crippen LogP contribution >= 0.6 is 0 Å². The van der Waals surface area contributed by atoms with Crippen molar-refractivity contribution < 1.29 is 17.9 Å². The predicted molar refractivity (Wildman–Crippen MR) is 99.9 cm³/mol. The van der Waals surface area contributed by atoms with Gasteiger partial charge in [-0.25, -0.2) is 8.42 Å². The maximum Gasteiger partial charge on any atom is 0.265 e. The topological polar surface area (TPSA) is 76.0 Å². The SMILES string of the molecule is COc1ccc(S(=O)(=O)N2CC(C)(C3CC=C(C)C(=O)C3)N=C2C)cc1. The Bertz CT molecular complexity index is 887. The number of ketones is 1. The average molecular weight is 376 g/mol. The second kappa shape index (κ2) is 6.54. The van der Waals surface area contributed by atoms with Gasteiger partial charge in [0.2, 0.25) is 0 Å². The number of sulfonamides is 1. The van der Waals surface area contributed by atoms with E-state index in [9.17, 15) is 13.2 Å². The van der Waals surface area contributed by atoms with Crippen molar-refractivity contribution in [1.82, 2.24) is 4.31 Å². The smallest absolute Gasteiger partial charge is 0.265 e. The summed E-state index contributed by atoms with van der Waals surface area (Å²) in [5.74, 6) is 1.18. The molecule has 0 aromatic heterocycles.